The zero-order chi connectivity index (χ0) is 14.8. The minimum absolute atomic E-state index is 0.301. The molecule has 0 bridgehead atoms. The highest BCUT2D eigenvalue weighted by Gasteiger charge is 2.32. The fourth-order valence-corrected chi connectivity index (χ4v) is 2.28. The lowest BCUT2D eigenvalue weighted by Crippen LogP contribution is -2.36. The molecule has 0 aliphatic rings. The maximum absolute atomic E-state index is 11.3. The molecule has 0 aliphatic heterocycles. The van der Waals surface area contributed by atoms with Crippen molar-refractivity contribution < 1.29 is 14.6 Å². The Morgan fingerprint density at radius 3 is 2.45 bits per heavy atom. The second kappa shape index (κ2) is 5.63. The molecular formula is C17H20O3. The number of aliphatic carboxylic acids is 1. The molecule has 1 unspecified atom stereocenters. The molecule has 0 amide bonds. The lowest BCUT2D eigenvalue weighted by Gasteiger charge is -2.27. The van der Waals surface area contributed by atoms with Crippen molar-refractivity contribution in [1.29, 1.82) is 0 Å². The Hall–Kier alpha value is -1.87. The number of carbonyl (C=O) groups is 1. The molecule has 2 aromatic carbocycles. The molecule has 0 heterocycles. The molecular weight excluding hydrogens is 252 g/mol. The maximum Gasteiger partial charge on any atom is 0.333 e. The van der Waals surface area contributed by atoms with Crippen LogP contribution in [0.25, 0.3) is 10.8 Å². The van der Waals surface area contributed by atoms with E-state index in [4.69, 9.17) is 4.74 Å². The Kier molecular flexibility index (Phi) is 4.09. The van der Waals surface area contributed by atoms with Gasteiger partial charge in [-0.05, 0) is 21.8 Å². The molecule has 1 N–H and O–H groups in total. The van der Waals surface area contributed by atoms with E-state index in [1.54, 1.807) is 0 Å². The first-order valence-corrected chi connectivity index (χ1v) is 6.70. The van der Waals surface area contributed by atoms with Gasteiger partial charge in [0.25, 0.3) is 0 Å². The summed E-state index contributed by atoms with van der Waals surface area (Å²) in [6.45, 7) is 5.91. The van der Waals surface area contributed by atoms with Crippen molar-refractivity contribution in [2.24, 2.45) is 5.41 Å². The zero-order valence-corrected chi connectivity index (χ0v) is 12.1. The van der Waals surface area contributed by atoms with Crippen LogP contribution in [0.5, 0.6) is 0 Å². The van der Waals surface area contributed by atoms with Crippen LogP contribution >= 0.6 is 0 Å². The number of rotatable bonds is 4. The third-order valence-corrected chi connectivity index (χ3v) is 3.30. The lowest BCUT2D eigenvalue weighted by molar-refractivity contribution is -0.159. The van der Waals surface area contributed by atoms with E-state index in [1.165, 1.54) is 0 Å². The molecule has 20 heavy (non-hydrogen) atoms. The molecule has 106 valence electrons. The Morgan fingerprint density at radius 2 is 1.80 bits per heavy atom. The number of benzene rings is 2. The van der Waals surface area contributed by atoms with E-state index in [-0.39, 0.29) is 0 Å². The highest BCUT2D eigenvalue weighted by atomic mass is 16.5. The first-order valence-electron chi connectivity index (χ1n) is 6.70. The predicted octanol–water partition coefficient (Wildman–Crippen LogP) is 3.86. The number of hydrogen-bond acceptors (Lipinski definition) is 2. The SMILES string of the molecule is CC(C)(C)C(OCc1cccc2ccccc12)C(=O)O. The van der Waals surface area contributed by atoms with Gasteiger partial charge in [0.2, 0.25) is 0 Å². The second-order valence-electron chi connectivity index (χ2n) is 6.03. The van der Waals surface area contributed by atoms with Gasteiger partial charge in [-0.25, -0.2) is 4.79 Å². The van der Waals surface area contributed by atoms with Crippen molar-refractivity contribution in [1.82, 2.24) is 0 Å². The molecule has 3 nitrogen and oxygen atoms in total. The predicted molar refractivity (Wildman–Crippen MR) is 79.6 cm³/mol. The van der Waals surface area contributed by atoms with Crippen molar-refractivity contribution in [3.8, 4) is 0 Å². The van der Waals surface area contributed by atoms with E-state index in [9.17, 15) is 9.90 Å². The summed E-state index contributed by atoms with van der Waals surface area (Å²) in [4.78, 5) is 11.3. The first kappa shape index (κ1) is 14.5. The van der Waals surface area contributed by atoms with Crippen LogP contribution in [0.15, 0.2) is 42.5 Å². The normalized spacial score (nSPS) is 13.3. The van der Waals surface area contributed by atoms with Crippen molar-refractivity contribution in [2.45, 2.75) is 33.5 Å². The fraction of sp³-hybridized carbons (Fsp3) is 0.353. The molecule has 0 saturated carbocycles. The lowest BCUT2D eigenvalue weighted by atomic mass is 9.89. The van der Waals surface area contributed by atoms with Crippen molar-refractivity contribution >= 4 is 16.7 Å². The van der Waals surface area contributed by atoms with Crippen LogP contribution < -0.4 is 0 Å². The summed E-state index contributed by atoms with van der Waals surface area (Å²) in [6, 6.07) is 14.0. The summed E-state index contributed by atoms with van der Waals surface area (Å²) in [7, 11) is 0. The van der Waals surface area contributed by atoms with Gasteiger partial charge in [0.05, 0.1) is 6.61 Å². The number of fused-ring (bicyclic) bond motifs is 1. The van der Waals surface area contributed by atoms with Gasteiger partial charge in [-0.1, -0.05) is 63.2 Å². The topological polar surface area (TPSA) is 46.5 Å². The average molecular weight is 272 g/mol. The van der Waals surface area contributed by atoms with Gasteiger partial charge in [-0.15, -0.1) is 0 Å². The molecule has 3 heteroatoms. The Balaban J connectivity index is 2.22. The van der Waals surface area contributed by atoms with Crippen LogP contribution in [0.3, 0.4) is 0 Å². The summed E-state index contributed by atoms with van der Waals surface area (Å²) in [5.74, 6) is -0.919. The summed E-state index contributed by atoms with van der Waals surface area (Å²) in [5.41, 5.74) is 0.578. The van der Waals surface area contributed by atoms with Gasteiger partial charge >= 0.3 is 5.97 Å². The van der Waals surface area contributed by atoms with Crippen LogP contribution in [0, 0.1) is 5.41 Å². The Bertz CT molecular complexity index is 606. The molecule has 1 atom stereocenters. The van der Waals surface area contributed by atoms with Crippen molar-refractivity contribution in [3.63, 3.8) is 0 Å². The zero-order valence-electron chi connectivity index (χ0n) is 12.1. The average Bonchev–Trinajstić information content (AvgIpc) is 2.37. The molecule has 2 aromatic rings. The standard InChI is InChI=1S/C17H20O3/c1-17(2,3)15(16(18)19)20-11-13-9-6-8-12-7-4-5-10-14(12)13/h4-10,15H,11H2,1-3H3,(H,18,19). The number of carboxylic acid groups (broad SMARTS) is 1. The molecule has 0 saturated heterocycles. The summed E-state index contributed by atoms with van der Waals surface area (Å²) in [6.07, 6.45) is -0.818. The molecule has 0 aromatic heterocycles. The van der Waals surface area contributed by atoms with Crippen molar-refractivity contribution in [2.75, 3.05) is 0 Å². The van der Waals surface area contributed by atoms with E-state index in [0.717, 1.165) is 16.3 Å². The molecule has 2 rings (SSSR count). The third kappa shape index (κ3) is 3.17. The van der Waals surface area contributed by atoms with Gasteiger partial charge in [0.15, 0.2) is 6.10 Å². The minimum Gasteiger partial charge on any atom is -0.479 e. The van der Waals surface area contributed by atoms with E-state index in [0.29, 0.717) is 6.61 Å². The summed E-state index contributed by atoms with van der Waals surface area (Å²) < 4.78 is 5.66. The van der Waals surface area contributed by atoms with Crippen LogP contribution in [-0.2, 0) is 16.1 Å². The summed E-state index contributed by atoms with van der Waals surface area (Å²) in [5, 5.41) is 11.5. The molecule has 0 radical (unpaired) electrons. The van der Waals surface area contributed by atoms with Gasteiger partial charge in [0, 0.05) is 0 Å². The monoisotopic (exact) mass is 272 g/mol. The minimum atomic E-state index is -0.919. The first-order chi connectivity index (χ1) is 9.39. The number of hydrogen-bond donors (Lipinski definition) is 1. The van der Waals surface area contributed by atoms with E-state index in [1.807, 2.05) is 63.2 Å². The maximum atomic E-state index is 11.3. The third-order valence-electron chi connectivity index (χ3n) is 3.30. The van der Waals surface area contributed by atoms with E-state index in [2.05, 4.69) is 0 Å². The van der Waals surface area contributed by atoms with Crippen LogP contribution in [0.2, 0.25) is 0 Å². The summed E-state index contributed by atoms with van der Waals surface area (Å²) >= 11 is 0. The smallest absolute Gasteiger partial charge is 0.333 e. The largest absolute Gasteiger partial charge is 0.479 e. The number of carboxylic acids is 1. The highest BCUT2D eigenvalue weighted by molar-refractivity contribution is 5.85. The molecule has 0 spiro atoms. The van der Waals surface area contributed by atoms with Crippen molar-refractivity contribution in [3.05, 3.63) is 48.0 Å². The Labute approximate surface area is 119 Å². The highest BCUT2D eigenvalue weighted by Crippen LogP contribution is 2.25. The van der Waals surface area contributed by atoms with Gasteiger partial charge in [0.1, 0.15) is 0 Å². The Morgan fingerprint density at radius 1 is 1.15 bits per heavy atom. The van der Waals surface area contributed by atoms with E-state index < -0.39 is 17.5 Å². The second-order valence-corrected chi connectivity index (χ2v) is 6.03. The molecule has 0 aliphatic carbocycles. The van der Waals surface area contributed by atoms with E-state index >= 15 is 0 Å². The van der Waals surface area contributed by atoms with Crippen LogP contribution in [-0.4, -0.2) is 17.2 Å². The quantitative estimate of drug-likeness (QED) is 0.919. The fourth-order valence-electron chi connectivity index (χ4n) is 2.28. The van der Waals surface area contributed by atoms with Gasteiger partial charge in [-0.3, -0.25) is 0 Å². The molecule has 0 fully saturated rings. The van der Waals surface area contributed by atoms with Gasteiger partial charge < -0.3 is 9.84 Å². The van der Waals surface area contributed by atoms with Crippen LogP contribution in [0.1, 0.15) is 26.3 Å². The van der Waals surface area contributed by atoms with Gasteiger partial charge in [-0.2, -0.15) is 0 Å². The number of ether oxygens (including phenoxy) is 1. The van der Waals surface area contributed by atoms with Crippen LogP contribution in [0.4, 0.5) is 0 Å².